The van der Waals surface area contributed by atoms with Crippen LogP contribution in [0.2, 0.25) is 0 Å². The number of hydrogen-bond donors (Lipinski definition) is 0. The molecule has 41 heavy (non-hydrogen) atoms. The maximum Gasteiger partial charge on any atom is 0.383 e. The van der Waals surface area contributed by atoms with Gasteiger partial charge in [-0.05, 0) is 0 Å². The smallest absolute Gasteiger partial charge is 0.383 e. The van der Waals surface area contributed by atoms with E-state index in [0.717, 1.165) is 0 Å². The molecule has 0 saturated carbocycles. The van der Waals surface area contributed by atoms with Crippen LogP contribution in [-0.4, -0.2) is 28.3 Å². The van der Waals surface area contributed by atoms with Gasteiger partial charge in [-0.1, -0.05) is 209 Å². The molecular formula is C36H30Al2Cl3-3. The first kappa shape index (κ1) is 34.5. The van der Waals surface area contributed by atoms with E-state index in [0.29, 0.717) is 0 Å². The van der Waals surface area contributed by atoms with E-state index < -0.39 is 28.3 Å². The fourth-order valence-electron chi connectivity index (χ4n) is 5.03. The maximum atomic E-state index is 2.26. The van der Waals surface area contributed by atoms with Gasteiger partial charge < -0.3 is 37.2 Å². The van der Waals surface area contributed by atoms with Crippen LogP contribution in [0.5, 0.6) is 0 Å². The van der Waals surface area contributed by atoms with E-state index in [1.54, 1.807) is 0 Å². The molecule has 0 heterocycles. The minimum atomic E-state index is -1.31. The summed E-state index contributed by atoms with van der Waals surface area (Å²) in [4.78, 5) is 0. The standard InChI is InChI=1S/6C6H5.2Al.3ClH/c6*1-2-4-6-5-3-1;;;;;/h6*1-5H;;;3*1H/p-3. The zero-order valence-electron chi connectivity index (χ0n) is 22.6. The van der Waals surface area contributed by atoms with Crippen molar-refractivity contribution in [1.29, 1.82) is 0 Å². The molecule has 0 aliphatic carbocycles. The highest BCUT2D eigenvalue weighted by atomic mass is 35.5. The van der Waals surface area contributed by atoms with Gasteiger partial charge in [0.05, 0.1) is 0 Å². The van der Waals surface area contributed by atoms with Gasteiger partial charge in [-0.3, -0.25) is 0 Å². The molecule has 6 rings (SSSR count). The third-order valence-corrected chi connectivity index (χ3v) is 13.1. The first-order valence-electron chi connectivity index (χ1n) is 13.2. The fourth-order valence-corrected chi connectivity index (χ4v) is 11.0. The van der Waals surface area contributed by atoms with Crippen LogP contribution in [0.3, 0.4) is 0 Å². The second kappa shape index (κ2) is 18.6. The second-order valence-corrected chi connectivity index (χ2v) is 15.1. The molecule has 0 spiro atoms. The lowest BCUT2D eigenvalue weighted by Crippen LogP contribution is -3.00. The van der Waals surface area contributed by atoms with E-state index in [1.165, 1.54) is 26.6 Å². The first-order chi connectivity index (χ1) is 18.9. The monoisotopic (exact) mass is 621 g/mol. The van der Waals surface area contributed by atoms with Gasteiger partial charge in [-0.25, -0.2) is 0 Å². The highest BCUT2D eigenvalue weighted by Gasteiger charge is 2.25. The van der Waals surface area contributed by atoms with Crippen LogP contribution < -0.4 is 63.8 Å². The maximum absolute atomic E-state index is 2.26. The lowest BCUT2D eigenvalue weighted by Gasteiger charge is -2.13. The van der Waals surface area contributed by atoms with Gasteiger partial charge in [0, 0.05) is 0 Å². The van der Waals surface area contributed by atoms with E-state index in [4.69, 9.17) is 0 Å². The number of hydrogen-bond acceptors (Lipinski definition) is 0. The highest BCUT2D eigenvalue weighted by molar-refractivity contribution is 6.96. The molecule has 0 saturated heterocycles. The SMILES string of the molecule is [Cl-].[Cl-].[Cl-].c1cc[c]([Al]([c]2ccccc2)[c]2ccccc2)cc1.c1cc[c]([Al]([c]2ccccc2)[c]2ccccc2)cc1. The summed E-state index contributed by atoms with van der Waals surface area (Å²) in [5.74, 6) is 0. The molecule has 0 radical (unpaired) electrons. The van der Waals surface area contributed by atoms with E-state index in [1.807, 2.05) is 0 Å². The van der Waals surface area contributed by atoms with Crippen molar-refractivity contribution in [3.8, 4) is 0 Å². The molecule has 5 heteroatoms. The summed E-state index contributed by atoms with van der Waals surface area (Å²) in [5, 5.41) is 0. The Morgan fingerprint density at radius 2 is 0.317 bits per heavy atom. The van der Waals surface area contributed by atoms with Crippen LogP contribution in [0.4, 0.5) is 0 Å². The van der Waals surface area contributed by atoms with Gasteiger partial charge in [0.25, 0.3) is 0 Å². The van der Waals surface area contributed by atoms with E-state index >= 15 is 0 Å². The van der Waals surface area contributed by atoms with Crippen LogP contribution >= 0.6 is 0 Å². The molecule has 0 aromatic heterocycles. The summed E-state index contributed by atoms with van der Waals surface area (Å²) >= 11 is -2.62. The molecule has 0 bridgehead atoms. The molecule has 6 aromatic rings. The van der Waals surface area contributed by atoms with Crippen LogP contribution in [0.25, 0.3) is 0 Å². The van der Waals surface area contributed by atoms with Gasteiger partial charge in [-0.15, -0.1) is 0 Å². The van der Waals surface area contributed by atoms with E-state index in [9.17, 15) is 0 Å². The van der Waals surface area contributed by atoms with Crippen LogP contribution in [0.15, 0.2) is 182 Å². The quantitative estimate of drug-likeness (QED) is 0.164. The Morgan fingerprint density at radius 1 is 0.195 bits per heavy atom. The summed E-state index contributed by atoms with van der Waals surface area (Å²) in [5.41, 5.74) is 0. The van der Waals surface area contributed by atoms with E-state index in [2.05, 4.69) is 182 Å². The molecule has 6 aromatic carbocycles. The zero-order chi connectivity index (χ0) is 25.8. The van der Waals surface area contributed by atoms with Crippen LogP contribution in [0, 0.1) is 0 Å². The minimum absolute atomic E-state index is 0. The van der Waals surface area contributed by atoms with Crippen LogP contribution in [0.1, 0.15) is 0 Å². The summed E-state index contributed by atoms with van der Waals surface area (Å²) < 4.78 is 8.83. The third kappa shape index (κ3) is 9.65. The van der Waals surface area contributed by atoms with Gasteiger partial charge in [0.2, 0.25) is 0 Å². The summed E-state index contributed by atoms with van der Waals surface area (Å²) in [6, 6.07) is 65.3. The van der Waals surface area contributed by atoms with Crippen LogP contribution in [-0.2, 0) is 0 Å². The largest absolute Gasteiger partial charge is 1.00 e. The van der Waals surface area contributed by atoms with E-state index in [-0.39, 0.29) is 37.2 Å². The Bertz CT molecular complexity index is 1180. The van der Waals surface area contributed by atoms with Crippen molar-refractivity contribution in [2.24, 2.45) is 0 Å². The van der Waals surface area contributed by atoms with Crippen molar-refractivity contribution in [2.45, 2.75) is 0 Å². The fraction of sp³-hybridized carbons (Fsp3) is 0. The number of halogens is 3. The van der Waals surface area contributed by atoms with Gasteiger partial charge in [0.15, 0.2) is 0 Å². The number of rotatable bonds is 6. The van der Waals surface area contributed by atoms with Crippen molar-refractivity contribution >= 4 is 54.8 Å². The van der Waals surface area contributed by atoms with Gasteiger partial charge in [-0.2, -0.15) is 0 Å². The molecule has 0 amide bonds. The molecule has 0 aliphatic heterocycles. The predicted octanol–water partition coefficient (Wildman–Crippen LogP) is -4.58. The molecule has 0 nitrogen and oxygen atoms in total. The highest BCUT2D eigenvalue weighted by Crippen LogP contribution is 1.97. The molecule has 0 fully saturated rings. The molecule has 0 unspecified atom stereocenters. The Hall–Kier alpha value is -2.75. The first-order valence-corrected chi connectivity index (χ1v) is 16.7. The predicted molar refractivity (Wildman–Crippen MR) is 168 cm³/mol. The van der Waals surface area contributed by atoms with Gasteiger partial charge in [0.1, 0.15) is 0 Å². The van der Waals surface area contributed by atoms with Crippen molar-refractivity contribution in [2.75, 3.05) is 0 Å². The molecule has 0 atom stereocenters. The minimum Gasteiger partial charge on any atom is -1.00 e. The average Bonchev–Trinajstić information content (AvgIpc) is 3.01. The Kier molecular flexibility index (Phi) is 15.7. The molecule has 204 valence electrons. The third-order valence-electron chi connectivity index (χ3n) is 6.80. The lowest BCUT2D eigenvalue weighted by molar-refractivity contribution is -0.00100. The average molecular weight is 623 g/mol. The summed E-state index contributed by atoms with van der Waals surface area (Å²) in [7, 11) is 0. The van der Waals surface area contributed by atoms with Gasteiger partial charge >= 0.3 is 28.3 Å². The molecule has 0 N–H and O–H groups in total. The van der Waals surface area contributed by atoms with Crippen molar-refractivity contribution < 1.29 is 37.2 Å². The molecular weight excluding hydrogens is 593 g/mol. The normalized spacial score (nSPS) is 9.37. The summed E-state index contributed by atoms with van der Waals surface area (Å²) in [6.45, 7) is 0. The second-order valence-electron chi connectivity index (χ2n) is 9.33. The number of benzene rings is 6. The van der Waals surface area contributed by atoms with Crippen molar-refractivity contribution in [1.82, 2.24) is 0 Å². The topological polar surface area (TPSA) is 0 Å². The Morgan fingerprint density at radius 3 is 0.439 bits per heavy atom. The van der Waals surface area contributed by atoms with Crippen molar-refractivity contribution in [3.63, 3.8) is 0 Å². The lowest BCUT2D eigenvalue weighted by atomic mass is 10.3. The zero-order valence-corrected chi connectivity index (χ0v) is 27.2. The summed E-state index contributed by atoms with van der Waals surface area (Å²) in [6.07, 6.45) is 0. The molecule has 0 aliphatic rings. The Balaban J connectivity index is 0.000000267. The Labute approximate surface area is 272 Å². The van der Waals surface area contributed by atoms with Crippen molar-refractivity contribution in [3.05, 3.63) is 182 Å².